The maximum Gasteiger partial charge on any atom is 0.242 e. The lowest BCUT2D eigenvalue weighted by molar-refractivity contribution is 0.745. The molecule has 1 heterocycles. The minimum absolute atomic E-state index is 0.134. The third-order valence-electron chi connectivity index (χ3n) is 0.907. The van der Waals surface area contributed by atoms with Crippen molar-refractivity contribution in [1.82, 2.24) is 15.2 Å². The minimum Gasteiger partial charge on any atom is -0.322 e. The Morgan fingerprint density at radius 1 is 1.78 bits per heavy atom. The van der Waals surface area contributed by atoms with E-state index in [0.29, 0.717) is 5.82 Å². The first kappa shape index (κ1) is 6.51. The summed E-state index contributed by atoms with van der Waals surface area (Å²) in [5.41, 5.74) is 5.43. The van der Waals surface area contributed by atoms with Gasteiger partial charge in [0.15, 0.2) is 0 Å². The van der Waals surface area contributed by atoms with Crippen molar-refractivity contribution in [1.29, 1.82) is 0 Å². The van der Waals surface area contributed by atoms with Crippen molar-refractivity contribution in [3.8, 4) is 0 Å². The van der Waals surface area contributed by atoms with Crippen LogP contribution in [0.5, 0.6) is 0 Å². The first-order valence-corrected chi connectivity index (χ1v) is 2.91. The van der Waals surface area contributed by atoms with Gasteiger partial charge < -0.3 is 5.73 Å². The summed E-state index contributed by atoms with van der Waals surface area (Å²) in [6.07, 6.45) is 0. The summed E-state index contributed by atoms with van der Waals surface area (Å²) >= 11 is 5.40. The van der Waals surface area contributed by atoms with E-state index < -0.39 is 0 Å². The van der Waals surface area contributed by atoms with Gasteiger partial charge in [0.05, 0.1) is 6.04 Å². The van der Waals surface area contributed by atoms with E-state index in [1.807, 2.05) is 0 Å². The van der Waals surface area contributed by atoms with Crippen LogP contribution in [0.4, 0.5) is 0 Å². The molecule has 0 aliphatic carbocycles. The molecular weight excluding hydrogens is 140 g/mol. The first-order valence-electron chi connectivity index (χ1n) is 2.53. The molecule has 0 unspecified atom stereocenters. The van der Waals surface area contributed by atoms with E-state index in [0.717, 1.165) is 0 Å². The number of hydrogen-bond donors (Lipinski definition) is 2. The summed E-state index contributed by atoms with van der Waals surface area (Å²) in [6.45, 7) is 1.80. The van der Waals surface area contributed by atoms with Crippen LogP contribution in [-0.4, -0.2) is 15.2 Å². The Morgan fingerprint density at radius 2 is 2.44 bits per heavy atom. The van der Waals surface area contributed by atoms with Crippen LogP contribution < -0.4 is 5.73 Å². The fourth-order valence-electron chi connectivity index (χ4n) is 0.456. The minimum atomic E-state index is -0.134. The van der Waals surface area contributed by atoms with Crippen molar-refractivity contribution < 1.29 is 0 Å². The van der Waals surface area contributed by atoms with Gasteiger partial charge in [-0.3, -0.25) is 5.10 Å². The lowest BCUT2D eigenvalue weighted by atomic mass is 10.4. The molecule has 9 heavy (non-hydrogen) atoms. The standard InChI is InChI=1S/C4H7ClN4/c1-2(6)3-7-4(5)9-8-3/h2H,6H2,1H3,(H,7,8,9)/t2-/m0/s1. The molecule has 0 spiro atoms. The molecule has 1 atom stereocenters. The van der Waals surface area contributed by atoms with Crippen LogP contribution in [0.1, 0.15) is 18.8 Å². The molecule has 0 aromatic carbocycles. The number of aromatic amines is 1. The molecule has 0 saturated carbocycles. The summed E-state index contributed by atoms with van der Waals surface area (Å²) in [5.74, 6) is 0.611. The van der Waals surface area contributed by atoms with E-state index in [1.54, 1.807) is 6.92 Å². The molecule has 0 bridgehead atoms. The average Bonchev–Trinajstić information content (AvgIpc) is 2.14. The highest BCUT2D eigenvalue weighted by Crippen LogP contribution is 2.04. The van der Waals surface area contributed by atoms with Crippen molar-refractivity contribution >= 4 is 11.6 Å². The van der Waals surface area contributed by atoms with Gasteiger partial charge in [0.2, 0.25) is 5.28 Å². The second kappa shape index (κ2) is 2.33. The normalized spacial score (nSPS) is 13.7. The molecule has 0 aliphatic rings. The smallest absolute Gasteiger partial charge is 0.242 e. The molecule has 1 aromatic rings. The van der Waals surface area contributed by atoms with Crippen LogP contribution in [0.2, 0.25) is 5.28 Å². The van der Waals surface area contributed by atoms with Crippen molar-refractivity contribution in [2.24, 2.45) is 5.73 Å². The van der Waals surface area contributed by atoms with Gasteiger partial charge >= 0.3 is 0 Å². The molecule has 50 valence electrons. The number of nitrogens with zero attached hydrogens (tertiary/aromatic N) is 2. The highest BCUT2D eigenvalue weighted by Gasteiger charge is 2.03. The van der Waals surface area contributed by atoms with Crippen molar-refractivity contribution in [3.63, 3.8) is 0 Å². The van der Waals surface area contributed by atoms with Gasteiger partial charge in [-0.15, -0.1) is 5.10 Å². The Hall–Kier alpha value is -0.610. The van der Waals surface area contributed by atoms with Gasteiger partial charge in [-0.05, 0) is 18.5 Å². The first-order chi connectivity index (χ1) is 4.20. The fourth-order valence-corrected chi connectivity index (χ4v) is 0.590. The Bertz CT molecular complexity index is 194. The predicted octanol–water partition coefficient (Wildman–Crippen LogP) is 0.478. The summed E-state index contributed by atoms with van der Waals surface area (Å²) in [6, 6.07) is -0.134. The molecule has 3 N–H and O–H groups in total. The second-order valence-electron chi connectivity index (χ2n) is 1.78. The maximum atomic E-state index is 5.43. The monoisotopic (exact) mass is 146 g/mol. The number of nitrogens with two attached hydrogens (primary N) is 1. The fraction of sp³-hybridized carbons (Fsp3) is 0.500. The van der Waals surface area contributed by atoms with E-state index in [9.17, 15) is 0 Å². The third kappa shape index (κ3) is 1.40. The molecule has 0 radical (unpaired) electrons. The van der Waals surface area contributed by atoms with Gasteiger partial charge in [0.1, 0.15) is 5.82 Å². The van der Waals surface area contributed by atoms with Crippen molar-refractivity contribution in [2.45, 2.75) is 13.0 Å². The van der Waals surface area contributed by atoms with Crippen molar-refractivity contribution in [3.05, 3.63) is 11.1 Å². The summed E-state index contributed by atoms with van der Waals surface area (Å²) in [7, 11) is 0. The van der Waals surface area contributed by atoms with Crippen LogP contribution in [0.3, 0.4) is 0 Å². The highest BCUT2D eigenvalue weighted by molar-refractivity contribution is 6.28. The van der Waals surface area contributed by atoms with Crippen LogP contribution in [0, 0.1) is 0 Å². The molecule has 1 aromatic heterocycles. The Morgan fingerprint density at radius 3 is 2.67 bits per heavy atom. The van der Waals surface area contributed by atoms with Crippen LogP contribution in [0.15, 0.2) is 0 Å². The summed E-state index contributed by atoms with van der Waals surface area (Å²) < 4.78 is 0. The number of rotatable bonds is 1. The number of aromatic nitrogens is 3. The van der Waals surface area contributed by atoms with Gasteiger partial charge in [-0.2, -0.15) is 0 Å². The largest absolute Gasteiger partial charge is 0.322 e. The van der Waals surface area contributed by atoms with E-state index >= 15 is 0 Å². The molecular formula is C4H7ClN4. The van der Waals surface area contributed by atoms with E-state index in [1.165, 1.54) is 0 Å². The van der Waals surface area contributed by atoms with Gasteiger partial charge in [-0.1, -0.05) is 0 Å². The second-order valence-corrected chi connectivity index (χ2v) is 2.12. The van der Waals surface area contributed by atoms with Crippen LogP contribution >= 0.6 is 11.6 Å². The van der Waals surface area contributed by atoms with E-state index in [2.05, 4.69) is 15.2 Å². The number of nitrogens with one attached hydrogen (secondary N) is 1. The molecule has 1 rings (SSSR count). The maximum absolute atomic E-state index is 5.43. The molecule has 0 saturated heterocycles. The molecule has 0 amide bonds. The summed E-state index contributed by atoms with van der Waals surface area (Å²) in [4.78, 5) is 3.78. The topological polar surface area (TPSA) is 67.6 Å². The Balaban J connectivity index is 2.85. The van der Waals surface area contributed by atoms with Gasteiger partial charge in [0.25, 0.3) is 0 Å². The quantitative estimate of drug-likeness (QED) is 0.606. The molecule has 0 fully saturated rings. The zero-order valence-corrected chi connectivity index (χ0v) is 5.68. The Kier molecular flexibility index (Phi) is 1.68. The van der Waals surface area contributed by atoms with Crippen molar-refractivity contribution in [2.75, 3.05) is 0 Å². The Labute approximate surface area is 57.4 Å². The molecule has 0 aliphatic heterocycles. The zero-order valence-electron chi connectivity index (χ0n) is 4.93. The van der Waals surface area contributed by atoms with Crippen LogP contribution in [-0.2, 0) is 0 Å². The highest BCUT2D eigenvalue weighted by atomic mass is 35.5. The lowest BCUT2D eigenvalue weighted by Crippen LogP contribution is -2.06. The molecule has 5 heteroatoms. The number of H-pyrrole nitrogens is 1. The third-order valence-corrected chi connectivity index (χ3v) is 1.08. The van der Waals surface area contributed by atoms with Gasteiger partial charge in [-0.25, -0.2) is 4.98 Å². The zero-order chi connectivity index (χ0) is 6.85. The average molecular weight is 147 g/mol. The number of hydrogen-bond acceptors (Lipinski definition) is 3. The lowest BCUT2D eigenvalue weighted by Gasteiger charge is -1.94. The summed E-state index contributed by atoms with van der Waals surface area (Å²) in [5, 5.41) is 6.38. The molecule has 4 nitrogen and oxygen atoms in total. The SMILES string of the molecule is C[C@H](N)c1nc(Cl)n[nH]1. The number of halogens is 1. The van der Waals surface area contributed by atoms with E-state index in [-0.39, 0.29) is 11.3 Å². The van der Waals surface area contributed by atoms with Gasteiger partial charge in [0, 0.05) is 0 Å². The van der Waals surface area contributed by atoms with Crippen LogP contribution in [0.25, 0.3) is 0 Å². The van der Waals surface area contributed by atoms with E-state index in [4.69, 9.17) is 17.3 Å². The predicted molar refractivity (Wildman–Crippen MR) is 34.0 cm³/mol.